The topological polar surface area (TPSA) is 92.2 Å². The summed E-state index contributed by atoms with van der Waals surface area (Å²) in [6.07, 6.45) is 4.87. The number of carbonyl (C=O) groups is 2. The van der Waals surface area contributed by atoms with Gasteiger partial charge < -0.3 is 10.4 Å². The van der Waals surface area contributed by atoms with E-state index in [0.29, 0.717) is 24.4 Å². The van der Waals surface area contributed by atoms with Crippen LogP contribution in [0.25, 0.3) is 0 Å². The van der Waals surface area contributed by atoms with Crippen LogP contribution in [0.1, 0.15) is 29.8 Å². The average Bonchev–Trinajstić information content (AvgIpc) is 2.88. The third-order valence-corrected chi connectivity index (χ3v) is 4.08. The van der Waals surface area contributed by atoms with Crippen LogP contribution in [0, 0.1) is 5.92 Å². The van der Waals surface area contributed by atoms with Gasteiger partial charge in [0.05, 0.1) is 17.1 Å². The number of halogens is 1. The highest BCUT2D eigenvalue weighted by Gasteiger charge is 2.31. The molecule has 0 aromatic carbocycles. The van der Waals surface area contributed by atoms with Gasteiger partial charge in [-0.15, -0.1) is 0 Å². The Morgan fingerprint density at radius 1 is 1.50 bits per heavy atom. The third-order valence-electron chi connectivity index (χ3n) is 3.24. The van der Waals surface area contributed by atoms with E-state index in [1.807, 2.05) is 0 Å². The molecule has 1 aromatic heterocycles. The van der Waals surface area contributed by atoms with Crippen LogP contribution in [0.5, 0.6) is 0 Å². The van der Waals surface area contributed by atoms with Crippen LogP contribution >= 0.6 is 23.4 Å². The molecule has 2 N–H and O–H groups in total. The number of nitrogens with zero attached hydrogens (tertiary/aromatic N) is 2. The highest BCUT2D eigenvalue weighted by Crippen LogP contribution is 2.26. The molecule has 0 unspecified atom stereocenters. The minimum Gasteiger partial charge on any atom is -0.481 e. The molecule has 1 amide bonds. The number of carboxylic acid groups (broad SMARTS) is 1. The maximum absolute atomic E-state index is 12.1. The van der Waals surface area contributed by atoms with Crippen LogP contribution in [-0.2, 0) is 4.79 Å². The van der Waals surface area contributed by atoms with Gasteiger partial charge in [0.1, 0.15) is 0 Å². The lowest BCUT2D eigenvalue weighted by Crippen LogP contribution is -2.34. The lowest BCUT2D eigenvalue weighted by Gasteiger charge is -2.12. The summed E-state index contributed by atoms with van der Waals surface area (Å²) in [7, 11) is 0. The van der Waals surface area contributed by atoms with Gasteiger partial charge in [0, 0.05) is 6.04 Å². The van der Waals surface area contributed by atoms with E-state index in [4.69, 9.17) is 16.7 Å². The molecule has 0 radical (unpaired) electrons. The van der Waals surface area contributed by atoms with Crippen molar-refractivity contribution in [3.63, 3.8) is 0 Å². The fourth-order valence-corrected chi connectivity index (χ4v) is 2.72. The predicted molar refractivity (Wildman–Crippen MR) is 75.1 cm³/mol. The number of carboxylic acids is 1. The minimum absolute atomic E-state index is 0.129. The molecule has 0 bridgehead atoms. The quantitative estimate of drug-likeness (QED) is 0.650. The van der Waals surface area contributed by atoms with Crippen LogP contribution in [-0.4, -0.2) is 39.2 Å². The van der Waals surface area contributed by atoms with E-state index in [-0.39, 0.29) is 28.6 Å². The molecule has 1 aliphatic rings. The normalized spacial score (nSPS) is 21.7. The molecular weight excluding hydrogens is 302 g/mol. The van der Waals surface area contributed by atoms with E-state index in [2.05, 4.69) is 15.3 Å². The third kappa shape index (κ3) is 3.40. The largest absolute Gasteiger partial charge is 0.481 e. The van der Waals surface area contributed by atoms with Crippen molar-refractivity contribution in [2.24, 2.45) is 5.92 Å². The summed E-state index contributed by atoms with van der Waals surface area (Å²) in [6.45, 7) is 0. The molecule has 8 heteroatoms. The molecule has 0 saturated heterocycles. The Balaban J connectivity index is 2.04. The number of amides is 1. The van der Waals surface area contributed by atoms with Crippen molar-refractivity contribution in [2.45, 2.75) is 30.5 Å². The maximum atomic E-state index is 12.1. The molecular formula is C12H14ClN3O3S. The molecule has 2 atom stereocenters. The summed E-state index contributed by atoms with van der Waals surface area (Å²) in [5, 5.41) is 12.4. The monoisotopic (exact) mass is 315 g/mol. The Morgan fingerprint density at radius 3 is 2.85 bits per heavy atom. The molecule has 0 spiro atoms. The fraction of sp³-hybridized carbons (Fsp3) is 0.500. The Labute approximate surface area is 125 Å². The molecule has 108 valence electrons. The lowest BCUT2D eigenvalue weighted by molar-refractivity contribution is -0.141. The van der Waals surface area contributed by atoms with Gasteiger partial charge in [0.25, 0.3) is 5.91 Å². The molecule has 1 heterocycles. The van der Waals surface area contributed by atoms with E-state index >= 15 is 0 Å². The van der Waals surface area contributed by atoms with Crippen molar-refractivity contribution in [1.29, 1.82) is 0 Å². The number of carbonyl (C=O) groups excluding carboxylic acids is 1. The van der Waals surface area contributed by atoms with Gasteiger partial charge in [-0.1, -0.05) is 23.4 Å². The van der Waals surface area contributed by atoms with Gasteiger partial charge in [-0.2, -0.15) is 0 Å². The number of aromatic nitrogens is 2. The highest BCUT2D eigenvalue weighted by atomic mass is 35.5. The zero-order valence-corrected chi connectivity index (χ0v) is 12.4. The van der Waals surface area contributed by atoms with E-state index in [1.165, 1.54) is 18.0 Å². The minimum atomic E-state index is -0.813. The van der Waals surface area contributed by atoms with Crippen LogP contribution in [0.3, 0.4) is 0 Å². The molecule has 20 heavy (non-hydrogen) atoms. The summed E-state index contributed by atoms with van der Waals surface area (Å²) < 4.78 is 0. The Hall–Kier alpha value is -1.34. The Kier molecular flexibility index (Phi) is 4.82. The summed E-state index contributed by atoms with van der Waals surface area (Å²) in [6, 6.07) is -0.146. The first-order valence-electron chi connectivity index (χ1n) is 6.11. The second-order valence-corrected chi connectivity index (χ2v) is 5.75. The van der Waals surface area contributed by atoms with Gasteiger partial charge in [-0.05, 0) is 25.5 Å². The number of nitrogens with one attached hydrogen (secondary N) is 1. The molecule has 0 aliphatic heterocycles. The SMILES string of the molecule is CSc1ncc(Cl)c(C(=O)N[C@H]2CC[C@@H](C(=O)O)C2)n1. The van der Waals surface area contributed by atoms with Crippen molar-refractivity contribution >= 4 is 35.2 Å². The van der Waals surface area contributed by atoms with Crippen molar-refractivity contribution < 1.29 is 14.7 Å². The van der Waals surface area contributed by atoms with Crippen LogP contribution in [0.2, 0.25) is 5.02 Å². The number of hydrogen-bond acceptors (Lipinski definition) is 5. The van der Waals surface area contributed by atoms with E-state index in [1.54, 1.807) is 6.26 Å². The van der Waals surface area contributed by atoms with E-state index in [0.717, 1.165) is 0 Å². The van der Waals surface area contributed by atoms with Gasteiger partial charge in [0.2, 0.25) is 0 Å². The number of rotatable bonds is 4. The Morgan fingerprint density at radius 2 is 2.25 bits per heavy atom. The highest BCUT2D eigenvalue weighted by molar-refractivity contribution is 7.98. The molecule has 6 nitrogen and oxygen atoms in total. The first-order valence-corrected chi connectivity index (χ1v) is 7.71. The molecule has 1 saturated carbocycles. The molecule has 1 aromatic rings. The van der Waals surface area contributed by atoms with Crippen molar-refractivity contribution in [2.75, 3.05) is 6.26 Å². The Bertz CT molecular complexity index is 541. The number of hydrogen-bond donors (Lipinski definition) is 2. The predicted octanol–water partition coefficient (Wildman–Crippen LogP) is 1.83. The zero-order valence-electron chi connectivity index (χ0n) is 10.8. The molecule has 1 aliphatic carbocycles. The van der Waals surface area contributed by atoms with Gasteiger partial charge >= 0.3 is 5.97 Å². The summed E-state index contributed by atoms with van der Waals surface area (Å²) in [5.74, 6) is -1.59. The van der Waals surface area contributed by atoms with Crippen molar-refractivity contribution in [3.05, 3.63) is 16.9 Å². The first kappa shape index (κ1) is 15.1. The maximum Gasteiger partial charge on any atom is 0.306 e. The van der Waals surface area contributed by atoms with Crippen molar-refractivity contribution in [3.8, 4) is 0 Å². The zero-order chi connectivity index (χ0) is 14.7. The fourth-order valence-electron chi connectivity index (χ4n) is 2.20. The lowest BCUT2D eigenvalue weighted by atomic mass is 10.1. The summed E-state index contributed by atoms with van der Waals surface area (Å²) in [5.41, 5.74) is 0.129. The second kappa shape index (κ2) is 6.41. The van der Waals surface area contributed by atoms with E-state index in [9.17, 15) is 9.59 Å². The smallest absolute Gasteiger partial charge is 0.306 e. The molecule has 1 fully saturated rings. The van der Waals surface area contributed by atoms with E-state index < -0.39 is 5.97 Å². The van der Waals surface area contributed by atoms with Crippen LogP contribution < -0.4 is 5.32 Å². The summed E-state index contributed by atoms with van der Waals surface area (Å²) in [4.78, 5) is 31.1. The summed E-state index contributed by atoms with van der Waals surface area (Å²) >= 11 is 7.24. The van der Waals surface area contributed by atoms with Gasteiger partial charge in [0.15, 0.2) is 10.9 Å². The van der Waals surface area contributed by atoms with Gasteiger partial charge in [-0.3, -0.25) is 9.59 Å². The average molecular weight is 316 g/mol. The molecule has 2 rings (SSSR count). The number of thioether (sulfide) groups is 1. The van der Waals surface area contributed by atoms with Gasteiger partial charge in [-0.25, -0.2) is 9.97 Å². The van der Waals surface area contributed by atoms with Crippen LogP contribution in [0.15, 0.2) is 11.4 Å². The van der Waals surface area contributed by atoms with Crippen LogP contribution in [0.4, 0.5) is 0 Å². The second-order valence-electron chi connectivity index (χ2n) is 4.57. The standard InChI is InChI=1S/C12H14ClN3O3S/c1-20-12-14-5-8(13)9(16-12)10(17)15-7-3-2-6(4-7)11(18)19/h5-7H,2-4H2,1H3,(H,15,17)(H,18,19)/t6-,7+/m1/s1. The first-order chi connectivity index (χ1) is 9.51. The van der Waals surface area contributed by atoms with Crippen molar-refractivity contribution in [1.82, 2.24) is 15.3 Å². The number of aliphatic carboxylic acids is 1.